The van der Waals surface area contributed by atoms with E-state index in [4.69, 9.17) is 0 Å². The third kappa shape index (κ3) is 5.24. The Bertz CT molecular complexity index is 636. The number of sulfonamides is 1. The smallest absolute Gasteiger partial charge is 0.213 e. The average molecular weight is 371 g/mol. The van der Waals surface area contributed by atoms with Crippen molar-refractivity contribution in [1.82, 2.24) is 9.21 Å². The van der Waals surface area contributed by atoms with Crippen LogP contribution < -0.4 is 0 Å². The van der Waals surface area contributed by atoms with Crippen LogP contribution in [0.2, 0.25) is 0 Å². The van der Waals surface area contributed by atoms with Crippen LogP contribution in [0.1, 0.15) is 18.4 Å². The van der Waals surface area contributed by atoms with Crippen molar-refractivity contribution < 1.29 is 18.6 Å². The largest absolute Gasteiger partial charge is 0.396 e. The van der Waals surface area contributed by atoms with Crippen molar-refractivity contribution in [3.8, 4) is 0 Å². The molecule has 25 heavy (non-hydrogen) atoms. The third-order valence-electron chi connectivity index (χ3n) is 5.11. The number of hydrogen-bond donors (Lipinski definition) is 2. The van der Waals surface area contributed by atoms with Gasteiger partial charge in [0.15, 0.2) is 0 Å². The standard InChI is InChI=1S/C18H30N2O4S/c1-19(2)25(23,24)12-6-10-20-11-9-17(22)18(14-20,15-21)13-16-7-4-3-5-8-16/h3-5,7-8,17,21-22H,6,9-15H2,1-2H3/t17-,18+/m0/s1. The van der Waals surface area contributed by atoms with E-state index in [2.05, 4.69) is 4.90 Å². The van der Waals surface area contributed by atoms with Gasteiger partial charge in [-0.1, -0.05) is 30.3 Å². The molecule has 0 aromatic heterocycles. The molecule has 0 radical (unpaired) electrons. The van der Waals surface area contributed by atoms with Crippen LogP contribution in [-0.4, -0.2) is 80.0 Å². The van der Waals surface area contributed by atoms with Crippen LogP contribution in [-0.2, 0) is 16.4 Å². The molecule has 1 heterocycles. The Morgan fingerprint density at radius 2 is 1.96 bits per heavy atom. The summed E-state index contributed by atoms with van der Waals surface area (Å²) in [6.07, 6.45) is 1.19. The second kappa shape index (κ2) is 8.60. The van der Waals surface area contributed by atoms with E-state index in [1.54, 1.807) is 14.1 Å². The molecule has 2 rings (SSSR count). The van der Waals surface area contributed by atoms with E-state index in [0.29, 0.717) is 32.4 Å². The van der Waals surface area contributed by atoms with Crippen molar-refractivity contribution in [3.63, 3.8) is 0 Å². The van der Waals surface area contributed by atoms with Gasteiger partial charge in [-0.05, 0) is 31.4 Å². The number of hydrogen-bond acceptors (Lipinski definition) is 5. The van der Waals surface area contributed by atoms with Gasteiger partial charge in [0, 0.05) is 32.6 Å². The maximum atomic E-state index is 11.9. The van der Waals surface area contributed by atoms with Crippen LogP contribution in [0.15, 0.2) is 30.3 Å². The van der Waals surface area contributed by atoms with E-state index in [1.807, 2.05) is 30.3 Å². The lowest BCUT2D eigenvalue weighted by Gasteiger charge is -2.45. The van der Waals surface area contributed by atoms with Crippen LogP contribution in [0.5, 0.6) is 0 Å². The van der Waals surface area contributed by atoms with Gasteiger partial charge < -0.3 is 15.1 Å². The molecule has 2 N–H and O–H groups in total. The Hall–Kier alpha value is -0.990. The summed E-state index contributed by atoms with van der Waals surface area (Å²) in [5.74, 6) is 0.115. The summed E-state index contributed by atoms with van der Waals surface area (Å²) >= 11 is 0. The van der Waals surface area contributed by atoms with Crippen molar-refractivity contribution in [2.75, 3.05) is 46.1 Å². The van der Waals surface area contributed by atoms with Crippen LogP contribution in [0, 0.1) is 5.41 Å². The van der Waals surface area contributed by atoms with Crippen LogP contribution >= 0.6 is 0 Å². The molecule has 2 atom stereocenters. The maximum absolute atomic E-state index is 11.9. The fourth-order valence-corrected chi connectivity index (χ4v) is 4.33. The fraction of sp³-hybridized carbons (Fsp3) is 0.667. The van der Waals surface area contributed by atoms with Gasteiger partial charge in [-0.2, -0.15) is 0 Å². The molecule has 0 unspecified atom stereocenters. The highest BCUT2D eigenvalue weighted by Gasteiger charge is 2.42. The highest BCUT2D eigenvalue weighted by Crippen LogP contribution is 2.34. The molecule has 1 saturated heterocycles. The lowest BCUT2D eigenvalue weighted by molar-refractivity contribution is -0.0746. The summed E-state index contributed by atoms with van der Waals surface area (Å²) in [6, 6.07) is 9.88. The van der Waals surface area contributed by atoms with E-state index in [9.17, 15) is 18.6 Å². The Kier molecular flexibility index (Phi) is 6.99. The van der Waals surface area contributed by atoms with Crippen LogP contribution in [0.25, 0.3) is 0 Å². The number of piperidine rings is 1. The SMILES string of the molecule is CN(C)S(=O)(=O)CCCN1CC[C@H](O)[C@](CO)(Cc2ccccc2)C1. The van der Waals surface area contributed by atoms with Gasteiger partial charge in [0.05, 0.1) is 18.5 Å². The molecule has 6 nitrogen and oxygen atoms in total. The second-order valence-electron chi connectivity index (χ2n) is 7.22. The van der Waals surface area contributed by atoms with Crippen molar-refractivity contribution in [1.29, 1.82) is 0 Å². The summed E-state index contributed by atoms with van der Waals surface area (Å²) in [4.78, 5) is 2.16. The molecule has 1 aliphatic heterocycles. The normalized spacial score (nSPS) is 25.4. The van der Waals surface area contributed by atoms with Gasteiger partial charge in [-0.25, -0.2) is 12.7 Å². The van der Waals surface area contributed by atoms with E-state index >= 15 is 0 Å². The lowest BCUT2D eigenvalue weighted by atomic mass is 9.73. The van der Waals surface area contributed by atoms with Gasteiger partial charge in [0.2, 0.25) is 10.0 Å². The summed E-state index contributed by atoms with van der Waals surface area (Å²) in [6.45, 7) is 1.85. The zero-order chi connectivity index (χ0) is 18.5. The van der Waals surface area contributed by atoms with Crippen molar-refractivity contribution >= 4 is 10.0 Å². The number of aliphatic hydroxyl groups is 2. The third-order valence-corrected chi connectivity index (χ3v) is 7.03. The summed E-state index contributed by atoms with van der Waals surface area (Å²) < 4.78 is 25.0. The Labute approximate surface area is 151 Å². The molecule has 1 fully saturated rings. The number of likely N-dealkylation sites (tertiary alicyclic amines) is 1. The second-order valence-corrected chi connectivity index (χ2v) is 9.52. The maximum Gasteiger partial charge on any atom is 0.213 e. The van der Waals surface area contributed by atoms with Gasteiger partial charge in [0.1, 0.15) is 0 Å². The summed E-state index contributed by atoms with van der Waals surface area (Å²) in [5.41, 5.74) is 0.493. The Balaban J connectivity index is 1.99. The van der Waals surface area contributed by atoms with Gasteiger partial charge in [-0.15, -0.1) is 0 Å². The highest BCUT2D eigenvalue weighted by atomic mass is 32.2. The minimum atomic E-state index is -3.18. The molecular formula is C18H30N2O4S. The molecule has 0 saturated carbocycles. The molecule has 1 aromatic rings. The van der Waals surface area contributed by atoms with Gasteiger partial charge >= 0.3 is 0 Å². The van der Waals surface area contributed by atoms with E-state index in [1.165, 1.54) is 4.31 Å². The molecule has 142 valence electrons. The number of benzene rings is 1. The molecule has 0 aliphatic carbocycles. The zero-order valence-electron chi connectivity index (χ0n) is 15.1. The van der Waals surface area contributed by atoms with Gasteiger partial charge in [-0.3, -0.25) is 0 Å². The molecule has 0 amide bonds. The molecular weight excluding hydrogens is 340 g/mol. The Morgan fingerprint density at radius 1 is 1.28 bits per heavy atom. The van der Waals surface area contributed by atoms with Crippen molar-refractivity contribution in [2.24, 2.45) is 5.41 Å². The lowest BCUT2D eigenvalue weighted by Crippen LogP contribution is -2.55. The predicted octanol–water partition coefficient (Wildman–Crippen LogP) is 0.556. The van der Waals surface area contributed by atoms with Gasteiger partial charge in [0.25, 0.3) is 0 Å². The first-order valence-corrected chi connectivity index (χ1v) is 10.4. The number of rotatable bonds is 8. The minimum absolute atomic E-state index is 0.0877. The number of nitrogens with zero attached hydrogens (tertiary/aromatic N) is 2. The summed E-state index contributed by atoms with van der Waals surface area (Å²) in [7, 11) is -0.0950. The highest BCUT2D eigenvalue weighted by molar-refractivity contribution is 7.89. The molecule has 0 bridgehead atoms. The molecule has 1 aromatic carbocycles. The Morgan fingerprint density at radius 3 is 2.56 bits per heavy atom. The monoisotopic (exact) mass is 370 g/mol. The van der Waals surface area contributed by atoms with E-state index in [-0.39, 0.29) is 12.4 Å². The first-order valence-electron chi connectivity index (χ1n) is 8.74. The molecule has 0 spiro atoms. The number of aliphatic hydroxyl groups excluding tert-OH is 2. The van der Waals surface area contributed by atoms with E-state index in [0.717, 1.165) is 12.1 Å². The van der Waals surface area contributed by atoms with E-state index < -0.39 is 21.5 Å². The summed E-state index contributed by atoms with van der Waals surface area (Å²) in [5, 5.41) is 20.6. The first kappa shape index (κ1) is 20.3. The topological polar surface area (TPSA) is 81.1 Å². The average Bonchev–Trinajstić information content (AvgIpc) is 2.58. The predicted molar refractivity (Wildman–Crippen MR) is 98.8 cm³/mol. The quantitative estimate of drug-likeness (QED) is 0.699. The minimum Gasteiger partial charge on any atom is -0.396 e. The zero-order valence-corrected chi connectivity index (χ0v) is 16.0. The van der Waals surface area contributed by atoms with Crippen LogP contribution in [0.3, 0.4) is 0 Å². The van der Waals surface area contributed by atoms with Crippen molar-refractivity contribution in [2.45, 2.75) is 25.4 Å². The molecule has 1 aliphatic rings. The van der Waals surface area contributed by atoms with Crippen molar-refractivity contribution in [3.05, 3.63) is 35.9 Å². The molecule has 7 heteroatoms. The van der Waals surface area contributed by atoms with Crippen LogP contribution in [0.4, 0.5) is 0 Å². The first-order chi connectivity index (χ1) is 11.8. The fourth-order valence-electron chi connectivity index (χ4n) is 3.47.